The lowest BCUT2D eigenvalue weighted by molar-refractivity contribution is 0.112. The van der Waals surface area contributed by atoms with Gasteiger partial charge in [-0.05, 0) is 47.5 Å². The zero-order valence-electron chi connectivity index (χ0n) is 24.0. The fraction of sp³-hybridized carbons (Fsp3) is 0.250. The summed E-state index contributed by atoms with van der Waals surface area (Å²) in [5.74, 6) is 0.800. The molecule has 3 heterocycles. The Hall–Kier alpha value is -4.23. The van der Waals surface area contributed by atoms with Gasteiger partial charge in [0.15, 0.2) is 0 Å². The molecule has 0 saturated carbocycles. The molecule has 1 unspecified atom stereocenters. The summed E-state index contributed by atoms with van der Waals surface area (Å²) in [6, 6.07) is 4.98. The van der Waals surface area contributed by atoms with Gasteiger partial charge in [0.2, 0.25) is 5.95 Å². The van der Waals surface area contributed by atoms with E-state index in [1.807, 2.05) is 0 Å². The Kier molecular flexibility index (Phi) is 9.07. The fourth-order valence-corrected chi connectivity index (χ4v) is 6.25. The van der Waals surface area contributed by atoms with Crippen LogP contribution in [0.2, 0.25) is 0 Å². The first-order chi connectivity index (χ1) is 21.0. The Morgan fingerprint density at radius 2 is 1.82 bits per heavy atom. The van der Waals surface area contributed by atoms with Crippen molar-refractivity contribution in [1.82, 2.24) is 29.7 Å². The van der Waals surface area contributed by atoms with Crippen LogP contribution >= 0.6 is 23.1 Å². The SMILES string of the molecule is COc1cc(NC(CF)C(F)F)c(-c2cnn(C)c2)cc1Nc1ncc(Br)c(Nc2ccc3nccnc3c2P(C)(C)=O)n1. The molecule has 3 N–H and O–H groups in total. The Balaban J connectivity index is 1.54. The number of aromatic nitrogens is 6. The van der Waals surface area contributed by atoms with E-state index in [2.05, 4.69) is 56.9 Å². The minimum Gasteiger partial charge on any atom is -0.494 e. The average Bonchev–Trinajstić information content (AvgIpc) is 3.42. The summed E-state index contributed by atoms with van der Waals surface area (Å²) < 4.78 is 61.3. The number of alkyl halides is 3. The Labute approximate surface area is 259 Å². The quantitative estimate of drug-likeness (QED) is 0.135. The molecular weight excluding hydrogens is 662 g/mol. The van der Waals surface area contributed by atoms with Crippen LogP contribution in [0.25, 0.3) is 22.2 Å². The van der Waals surface area contributed by atoms with Crippen molar-refractivity contribution in [1.29, 1.82) is 0 Å². The molecule has 11 nitrogen and oxygen atoms in total. The van der Waals surface area contributed by atoms with Gasteiger partial charge in [0.25, 0.3) is 6.43 Å². The summed E-state index contributed by atoms with van der Waals surface area (Å²) in [6.45, 7) is 2.04. The van der Waals surface area contributed by atoms with E-state index in [0.717, 1.165) is 0 Å². The first kappa shape index (κ1) is 31.2. The van der Waals surface area contributed by atoms with Crippen LogP contribution in [0.1, 0.15) is 0 Å². The van der Waals surface area contributed by atoms with E-state index in [1.165, 1.54) is 19.4 Å². The van der Waals surface area contributed by atoms with Gasteiger partial charge in [-0.1, -0.05) is 0 Å². The van der Waals surface area contributed by atoms with Crippen molar-refractivity contribution >= 4 is 68.2 Å². The van der Waals surface area contributed by atoms with E-state index in [1.54, 1.807) is 68.0 Å². The molecule has 0 fully saturated rings. The van der Waals surface area contributed by atoms with Crippen LogP contribution in [0.3, 0.4) is 0 Å². The molecule has 5 aromatic rings. The number of hydrogen-bond donors (Lipinski definition) is 3. The molecule has 0 aliphatic rings. The van der Waals surface area contributed by atoms with Crippen LogP contribution in [-0.2, 0) is 11.6 Å². The van der Waals surface area contributed by atoms with Crippen LogP contribution in [0.5, 0.6) is 5.75 Å². The Morgan fingerprint density at radius 3 is 2.48 bits per heavy atom. The van der Waals surface area contributed by atoms with Gasteiger partial charge in [-0.3, -0.25) is 14.6 Å². The minimum atomic E-state index is -2.93. The predicted octanol–water partition coefficient (Wildman–Crippen LogP) is 6.34. The number of nitrogens with zero attached hydrogens (tertiary/aromatic N) is 6. The number of ether oxygens (including phenoxy) is 1. The van der Waals surface area contributed by atoms with Gasteiger partial charge in [-0.15, -0.1) is 0 Å². The summed E-state index contributed by atoms with van der Waals surface area (Å²) in [4.78, 5) is 17.7. The third-order valence-corrected chi connectivity index (χ3v) is 8.67. The van der Waals surface area contributed by atoms with Gasteiger partial charge in [-0.25, -0.2) is 18.2 Å². The van der Waals surface area contributed by atoms with Crippen molar-refractivity contribution in [2.75, 3.05) is 43.1 Å². The molecule has 0 radical (unpaired) electrons. The molecule has 44 heavy (non-hydrogen) atoms. The lowest BCUT2D eigenvalue weighted by Crippen LogP contribution is -2.30. The van der Waals surface area contributed by atoms with Gasteiger partial charge in [0, 0.05) is 54.7 Å². The van der Waals surface area contributed by atoms with Crippen LogP contribution in [0.4, 0.5) is 42.0 Å². The maximum absolute atomic E-state index is 13.5. The maximum Gasteiger partial charge on any atom is 0.260 e. The van der Waals surface area contributed by atoms with Crippen LogP contribution in [-0.4, -0.2) is 69.3 Å². The summed E-state index contributed by atoms with van der Waals surface area (Å²) in [7, 11) is 0.310. The van der Waals surface area contributed by atoms with E-state index in [-0.39, 0.29) is 17.4 Å². The number of benzene rings is 2. The molecule has 0 aliphatic carbocycles. The number of methoxy groups -OCH3 is 1. The van der Waals surface area contributed by atoms with Crippen molar-refractivity contribution in [2.24, 2.45) is 7.05 Å². The summed E-state index contributed by atoms with van der Waals surface area (Å²) in [5, 5.41) is 13.7. The smallest absolute Gasteiger partial charge is 0.260 e. The lowest BCUT2D eigenvalue weighted by Gasteiger charge is -2.21. The molecule has 16 heteroatoms. The first-order valence-electron chi connectivity index (χ1n) is 13.2. The third-order valence-electron chi connectivity index (χ3n) is 6.56. The van der Waals surface area contributed by atoms with E-state index in [4.69, 9.17) is 4.74 Å². The Bertz CT molecular complexity index is 1870. The lowest BCUT2D eigenvalue weighted by atomic mass is 10.0. The number of hydrogen-bond acceptors (Lipinski definition) is 10. The van der Waals surface area contributed by atoms with Gasteiger partial charge in [0.1, 0.15) is 36.9 Å². The van der Waals surface area contributed by atoms with E-state index >= 15 is 0 Å². The van der Waals surface area contributed by atoms with Crippen molar-refractivity contribution in [3.63, 3.8) is 0 Å². The normalized spacial score (nSPS) is 12.4. The summed E-state index contributed by atoms with van der Waals surface area (Å²) in [6.07, 6.45) is 4.99. The van der Waals surface area contributed by atoms with E-state index in [9.17, 15) is 17.7 Å². The van der Waals surface area contributed by atoms with Gasteiger partial charge >= 0.3 is 0 Å². The number of fused-ring (bicyclic) bond motifs is 1. The van der Waals surface area contributed by atoms with Gasteiger partial charge in [0.05, 0.1) is 40.0 Å². The van der Waals surface area contributed by atoms with Crippen LogP contribution in [0, 0.1) is 0 Å². The topological polar surface area (TPSA) is 132 Å². The zero-order chi connectivity index (χ0) is 31.6. The highest BCUT2D eigenvalue weighted by atomic mass is 79.9. The average molecular weight is 690 g/mol. The standard InChI is InChI=1S/C28H28BrF3N9O2P/c1-41-14-15(12-36-41)16-9-21(23(43-2)10-20(16)37-22(11-30)26(31)32)39-28-35-13-17(29)27(40-28)38-19-6-5-18-24(34-8-7-33-18)25(19)44(3,4)42/h5-10,12-14,22,26,37H,11H2,1-4H3,(H2,35,38,39,40). The molecule has 3 aromatic heterocycles. The van der Waals surface area contributed by atoms with E-state index < -0.39 is 26.3 Å². The number of nitrogens with one attached hydrogen (secondary N) is 3. The molecule has 0 saturated heterocycles. The maximum atomic E-state index is 13.5. The Morgan fingerprint density at radius 1 is 1.05 bits per heavy atom. The summed E-state index contributed by atoms with van der Waals surface area (Å²) >= 11 is 3.48. The number of aryl methyl sites for hydroxylation is 1. The molecule has 230 valence electrons. The molecule has 0 spiro atoms. The second-order valence-electron chi connectivity index (χ2n) is 10.1. The zero-order valence-corrected chi connectivity index (χ0v) is 26.5. The van der Waals surface area contributed by atoms with Crippen molar-refractivity contribution in [3.05, 3.63) is 59.7 Å². The molecular formula is C28H28BrF3N9O2P. The molecule has 0 bridgehead atoms. The van der Waals surface area contributed by atoms with Crippen molar-refractivity contribution in [3.8, 4) is 16.9 Å². The highest BCUT2D eigenvalue weighted by Crippen LogP contribution is 2.42. The van der Waals surface area contributed by atoms with Crippen molar-refractivity contribution < 1.29 is 22.5 Å². The monoisotopic (exact) mass is 689 g/mol. The number of anilines is 5. The molecule has 0 aliphatic heterocycles. The highest BCUT2D eigenvalue weighted by molar-refractivity contribution is 9.10. The highest BCUT2D eigenvalue weighted by Gasteiger charge is 2.24. The number of rotatable bonds is 11. The summed E-state index contributed by atoms with van der Waals surface area (Å²) in [5.41, 5.74) is 3.40. The minimum absolute atomic E-state index is 0.166. The predicted molar refractivity (Wildman–Crippen MR) is 170 cm³/mol. The third kappa shape index (κ3) is 6.63. The molecule has 2 aromatic carbocycles. The number of halogens is 4. The van der Waals surface area contributed by atoms with Crippen molar-refractivity contribution in [2.45, 2.75) is 12.5 Å². The van der Waals surface area contributed by atoms with Crippen LogP contribution in [0.15, 0.2) is 59.7 Å². The molecule has 5 rings (SSSR count). The largest absolute Gasteiger partial charge is 0.494 e. The van der Waals surface area contributed by atoms with E-state index in [0.29, 0.717) is 49.1 Å². The molecule has 1 atom stereocenters. The van der Waals surface area contributed by atoms with Gasteiger partial charge < -0.3 is 25.3 Å². The van der Waals surface area contributed by atoms with Crippen LogP contribution < -0.4 is 26.0 Å². The second-order valence-corrected chi connectivity index (χ2v) is 14.1. The fourth-order valence-electron chi connectivity index (χ4n) is 4.56. The second kappa shape index (κ2) is 12.8. The molecule has 0 amide bonds. The first-order valence-corrected chi connectivity index (χ1v) is 16.6. The van der Waals surface area contributed by atoms with Gasteiger partial charge in [-0.2, -0.15) is 10.1 Å².